The van der Waals surface area contributed by atoms with E-state index in [4.69, 9.17) is 0 Å². The molecule has 2 aliphatic rings. The molecule has 57 heavy (non-hydrogen) atoms. The second-order valence-corrected chi connectivity index (χ2v) is 20.0. The van der Waals surface area contributed by atoms with Crippen molar-refractivity contribution >= 4 is 68.0 Å². The third-order valence-corrected chi connectivity index (χ3v) is 14.3. The van der Waals surface area contributed by atoms with Crippen LogP contribution in [-0.2, 0) is 20.4 Å². The van der Waals surface area contributed by atoms with Crippen molar-refractivity contribution in [1.29, 1.82) is 0 Å². The summed E-state index contributed by atoms with van der Waals surface area (Å²) in [5, 5.41) is 12.5. The van der Waals surface area contributed by atoms with Crippen molar-refractivity contribution in [1.82, 2.24) is 25.0 Å². The number of piperazine rings is 2. The number of hydrogen-bond donors (Lipinski definition) is 4. The van der Waals surface area contributed by atoms with Crippen molar-refractivity contribution in [3.8, 4) is 11.1 Å². The van der Waals surface area contributed by atoms with Crippen molar-refractivity contribution in [3.63, 3.8) is 0 Å². The molecule has 0 bridgehead atoms. The number of anilines is 2. The lowest BCUT2D eigenvalue weighted by atomic mass is 9.90. The molecule has 1 aromatic carbocycles. The van der Waals surface area contributed by atoms with Gasteiger partial charge < -0.3 is 20.9 Å². The van der Waals surface area contributed by atoms with Gasteiger partial charge in [-0.1, -0.05) is 65.0 Å². The quantitative estimate of drug-likeness (QED) is 0.146. The Balaban J connectivity index is 1.49. The molecule has 14 heteroatoms. The summed E-state index contributed by atoms with van der Waals surface area (Å²) in [6, 6.07) is 12.6. The van der Waals surface area contributed by atoms with Crippen molar-refractivity contribution in [2.24, 2.45) is 0 Å². The number of aryl methyl sites for hydroxylation is 1. The minimum atomic E-state index is -1.40. The molecule has 2 aliphatic heterocycles. The van der Waals surface area contributed by atoms with Crippen molar-refractivity contribution in [2.45, 2.75) is 98.1 Å². The summed E-state index contributed by atoms with van der Waals surface area (Å²) in [4.78, 5) is 79.3. The van der Waals surface area contributed by atoms with Gasteiger partial charge in [0.1, 0.15) is 28.2 Å². The first-order valence-electron chi connectivity index (χ1n) is 19.2. The highest BCUT2D eigenvalue weighted by Crippen LogP contribution is 2.49. The van der Waals surface area contributed by atoms with Crippen LogP contribution in [0.2, 0.25) is 0 Å². The lowest BCUT2D eigenvalue weighted by Gasteiger charge is -2.48. The Bertz CT molecular complexity index is 2260. The third-order valence-electron chi connectivity index (χ3n) is 11.1. The Hall–Kier alpha value is -4.92. The van der Waals surface area contributed by atoms with Crippen LogP contribution < -0.4 is 25.8 Å². The number of benzene rings is 1. The highest BCUT2D eigenvalue weighted by atomic mass is 32.1. The highest BCUT2D eigenvalue weighted by molar-refractivity contribution is 7.17. The first-order chi connectivity index (χ1) is 26.5. The van der Waals surface area contributed by atoms with E-state index in [0.717, 1.165) is 26.4 Å². The second-order valence-electron chi connectivity index (χ2n) is 18.0. The molecule has 0 radical (unpaired) electrons. The SMILES string of the molecule is Cc1ccc(NC(=O)Nc2sc(C(C)(C)C)cc2C(=O)[N+]2(c3sc(C(C)(C)C)cc3C(=O)N3CCNC(=O)C3(C)C)CCNC(=O)C2(C)C)cc1-c1cccnc1. The van der Waals surface area contributed by atoms with Crippen molar-refractivity contribution in [3.05, 3.63) is 81.3 Å². The molecule has 12 nitrogen and oxygen atoms in total. The fraction of sp³-hybridized carbons (Fsp3) is 0.442. The van der Waals surface area contributed by atoms with Gasteiger partial charge in [0.2, 0.25) is 10.9 Å². The fourth-order valence-corrected chi connectivity index (χ4v) is 10.0. The van der Waals surface area contributed by atoms with E-state index in [0.29, 0.717) is 22.2 Å². The van der Waals surface area contributed by atoms with Gasteiger partial charge in [-0.15, -0.1) is 11.3 Å². The van der Waals surface area contributed by atoms with Gasteiger partial charge in [0.25, 0.3) is 11.8 Å². The van der Waals surface area contributed by atoms with E-state index in [1.807, 2.05) is 90.9 Å². The number of nitrogens with one attached hydrogen (secondary N) is 4. The molecule has 3 aromatic heterocycles. The largest absolute Gasteiger partial charge is 0.355 e. The molecule has 0 aliphatic carbocycles. The van der Waals surface area contributed by atoms with Crippen molar-refractivity contribution < 1.29 is 24.0 Å². The van der Waals surface area contributed by atoms with Crippen LogP contribution in [0.5, 0.6) is 0 Å². The molecule has 1 unspecified atom stereocenters. The first-order valence-corrected chi connectivity index (χ1v) is 20.8. The number of pyridine rings is 1. The van der Waals surface area contributed by atoms with E-state index in [1.165, 1.54) is 22.7 Å². The summed E-state index contributed by atoms with van der Waals surface area (Å²) in [6.07, 6.45) is 3.48. The molecule has 6 amide bonds. The molecule has 6 rings (SSSR count). The minimum Gasteiger partial charge on any atom is -0.352 e. The number of carbonyl (C=O) groups excluding carboxylic acids is 5. The smallest absolute Gasteiger partial charge is 0.352 e. The van der Waals surface area contributed by atoms with Gasteiger partial charge in [-0.05, 0) is 73.1 Å². The molecular weight excluding hydrogens is 759 g/mol. The monoisotopic (exact) mass is 812 g/mol. The number of rotatable bonds is 6. The van der Waals surface area contributed by atoms with E-state index in [-0.39, 0.29) is 48.5 Å². The van der Waals surface area contributed by atoms with Crippen LogP contribution in [0, 0.1) is 6.92 Å². The number of amides is 6. The predicted molar refractivity (Wildman–Crippen MR) is 229 cm³/mol. The van der Waals surface area contributed by atoms with Crippen LogP contribution >= 0.6 is 22.7 Å². The zero-order chi connectivity index (χ0) is 41.9. The van der Waals surface area contributed by atoms with Crippen LogP contribution in [0.1, 0.15) is 105 Å². The molecule has 0 saturated carbocycles. The Morgan fingerprint density at radius 2 is 1.49 bits per heavy atom. The summed E-state index contributed by atoms with van der Waals surface area (Å²) in [5.74, 6) is -1.41. The van der Waals surface area contributed by atoms with Gasteiger partial charge in [0.05, 0.1) is 6.54 Å². The molecule has 2 fully saturated rings. The highest BCUT2D eigenvalue weighted by Gasteiger charge is 2.62. The number of hydrogen-bond acceptors (Lipinski definition) is 8. The summed E-state index contributed by atoms with van der Waals surface area (Å²) in [5.41, 5.74) is 0.570. The van der Waals surface area contributed by atoms with Gasteiger partial charge in [0.15, 0.2) is 5.54 Å². The number of urea groups is 1. The predicted octanol–water partition coefficient (Wildman–Crippen LogP) is 7.83. The number of aromatic nitrogens is 1. The Morgan fingerprint density at radius 1 is 0.842 bits per heavy atom. The maximum atomic E-state index is 15.9. The van der Waals surface area contributed by atoms with E-state index in [2.05, 4.69) is 26.3 Å². The van der Waals surface area contributed by atoms with E-state index < -0.39 is 38.3 Å². The Morgan fingerprint density at radius 3 is 2.14 bits per heavy atom. The van der Waals surface area contributed by atoms with Gasteiger partial charge >= 0.3 is 11.9 Å². The lowest BCUT2D eigenvalue weighted by Crippen LogP contribution is -2.76. The Kier molecular flexibility index (Phi) is 10.8. The Labute approximate surface area is 343 Å². The van der Waals surface area contributed by atoms with Crippen LogP contribution in [-0.4, -0.2) is 76.8 Å². The van der Waals surface area contributed by atoms with Gasteiger partial charge in [0, 0.05) is 60.3 Å². The van der Waals surface area contributed by atoms with E-state index in [9.17, 15) is 19.2 Å². The van der Waals surface area contributed by atoms with Crippen LogP contribution in [0.25, 0.3) is 11.1 Å². The van der Waals surface area contributed by atoms with Crippen molar-refractivity contribution in [2.75, 3.05) is 36.8 Å². The number of nitrogens with zero attached hydrogens (tertiary/aromatic N) is 3. The normalized spacial score (nSPS) is 19.4. The molecule has 1 atom stereocenters. The fourth-order valence-electron chi connectivity index (χ4n) is 7.41. The third kappa shape index (κ3) is 7.50. The molecule has 302 valence electrons. The molecular formula is C43H54N7O5S2+. The molecule has 0 spiro atoms. The first kappa shape index (κ1) is 41.7. The van der Waals surface area contributed by atoms with E-state index in [1.54, 1.807) is 45.0 Å². The van der Waals surface area contributed by atoms with Gasteiger partial charge in [-0.25, -0.2) is 14.1 Å². The number of quaternary nitrogens is 1. The summed E-state index contributed by atoms with van der Waals surface area (Å²) >= 11 is 2.66. The topological polar surface area (TPSA) is 150 Å². The molecule has 4 aromatic rings. The minimum absolute atomic E-state index is 0.151. The summed E-state index contributed by atoms with van der Waals surface area (Å²) in [7, 11) is 0. The van der Waals surface area contributed by atoms with Crippen LogP contribution in [0.15, 0.2) is 54.9 Å². The number of thiophene rings is 2. The zero-order valence-electron chi connectivity index (χ0n) is 34.7. The maximum absolute atomic E-state index is 15.9. The van der Waals surface area contributed by atoms with Gasteiger partial charge in [-0.3, -0.25) is 24.7 Å². The molecule has 2 saturated heterocycles. The standard InChI is InChI=1S/C43H53N7O5S2/c1-25-14-15-27(21-28(25)26-13-12-16-44-24-26)47-39(55)48-33-29(22-31(56-33)40(2,3)4)35(52)50(20-18-46-38(54)43(50,10)11)36-30(23-32(57-36)41(5,6)7)34(51)49-19-17-45-37(53)42(49,8)9/h12-16,21-24H,17-20H2,1-11H3,(H3-,45,46,47,48,52,53,54,55)/p+1. The molecule has 5 heterocycles. The van der Waals surface area contributed by atoms with E-state index >= 15 is 4.79 Å². The average Bonchev–Trinajstić information content (AvgIpc) is 3.77. The zero-order valence-corrected chi connectivity index (χ0v) is 36.4. The second kappa shape index (κ2) is 14.8. The summed E-state index contributed by atoms with van der Waals surface area (Å²) < 4.78 is -0.496. The van der Waals surface area contributed by atoms with Crippen LogP contribution in [0.4, 0.5) is 20.5 Å². The van der Waals surface area contributed by atoms with Crippen LogP contribution in [0.3, 0.4) is 0 Å². The summed E-state index contributed by atoms with van der Waals surface area (Å²) in [6.45, 7) is 22.0. The lowest BCUT2D eigenvalue weighted by molar-refractivity contribution is -0.133. The number of carbonyl (C=O) groups is 5. The maximum Gasteiger partial charge on any atom is 0.355 e. The van der Waals surface area contributed by atoms with Gasteiger partial charge in [-0.2, -0.15) is 0 Å². The molecule has 4 N–H and O–H groups in total. The average molecular weight is 813 g/mol.